The molecule has 0 aromatic carbocycles. The molecule has 96 valence electrons. The minimum atomic E-state index is -5.25. The Morgan fingerprint density at radius 3 is 1.65 bits per heavy atom. The van der Waals surface area contributed by atoms with Crippen LogP contribution in [0, 0.1) is 0 Å². The average Bonchev–Trinajstić information content (AvgIpc) is 2.14. The SMILES string of the molecule is CN(C)c1nnc(C(F)(F)F)c(C(F)(F)F)n1. The van der Waals surface area contributed by atoms with E-state index in [1.165, 1.54) is 14.1 Å². The van der Waals surface area contributed by atoms with Crippen LogP contribution in [-0.4, -0.2) is 29.3 Å². The Morgan fingerprint density at radius 2 is 1.29 bits per heavy atom. The monoisotopic (exact) mass is 260 g/mol. The molecule has 0 fully saturated rings. The average molecular weight is 260 g/mol. The lowest BCUT2D eigenvalue weighted by atomic mass is 10.3. The van der Waals surface area contributed by atoms with Crippen LogP contribution < -0.4 is 4.90 Å². The summed E-state index contributed by atoms with van der Waals surface area (Å²) in [7, 11) is 2.56. The third-order valence-electron chi connectivity index (χ3n) is 1.61. The highest BCUT2D eigenvalue weighted by Crippen LogP contribution is 2.37. The summed E-state index contributed by atoms with van der Waals surface area (Å²) in [6.45, 7) is 0. The minimum Gasteiger partial charge on any atom is -0.346 e. The summed E-state index contributed by atoms with van der Waals surface area (Å²) in [4.78, 5) is 3.83. The largest absolute Gasteiger partial charge is 0.437 e. The number of halogens is 6. The van der Waals surface area contributed by atoms with Gasteiger partial charge in [-0.3, -0.25) is 0 Å². The van der Waals surface area contributed by atoms with Gasteiger partial charge in [0.1, 0.15) is 0 Å². The molecular formula is C7H6F6N4. The van der Waals surface area contributed by atoms with Gasteiger partial charge in [0.25, 0.3) is 0 Å². The Morgan fingerprint density at radius 1 is 0.824 bits per heavy atom. The molecule has 4 nitrogen and oxygen atoms in total. The standard InChI is InChI=1S/C7H6F6N4/c1-17(2)5-14-3(6(8,9)10)4(15-16-5)7(11,12)13/h1-2H3. The molecule has 0 aliphatic rings. The van der Waals surface area contributed by atoms with Crippen LogP contribution in [0.25, 0.3) is 0 Å². The van der Waals surface area contributed by atoms with Gasteiger partial charge in [0.05, 0.1) is 0 Å². The summed E-state index contributed by atoms with van der Waals surface area (Å²) in [5.74, 6) is -0.551. The van der Waals surface area contributed by atoms with E-state index in [1.807, 2.05) is 0 Å². The molecule has 0 aliphatic carbocycles. The lowest BCUT2D eigenvalue weighted by molar-refractivity contribution is -0.168. The summed E-state index contributed by atoms with van der Waals surface area (Å²) < 4.78 is 73.9. The predicted octanol–water partition coefficient (Wildman–Crippen LogP) is 1.98. The second kappa shape index (κ2) is 4.00. The molecule has 0 amide bonds. The summed E-state index contributed by atoms with van der Waals surface area (Å²) in [6, 6.07) is 0. The molecule has 0 N–H and O–H groups in total. The van der Waals surface area contributed by atoms with E-state index in [2.05, 4.69) is 15.2 Å². The van der Waals surface area contributed by atoms with Gasteiger partial charge in [-0.1, -0.05) is 0 Å². The van der Waals surface area contributed by atoms with Crippen molar-refractivity contribution >= 4 is 5.95 Å². The van der Waals surface area contributed by atoms with Crippen LogP contribution in [0.4, 0.5) is 32.3 Å². The number of rotatable bonds is 1. The maximum Gasteiger partial charge on any atom is 0.437 e. The zero-order chi connectivity index (χ0) is 13.4. The topological polar surface area (TPSA) is 41.9 Å². The Labute approximate surface area is 91.3 Å². The normalized spacial score (nSPS) is 12.7. The smallest absolute Gasteiger partial charge is 0.346 e. The molecule has 17 heavy (non-hydrogen) atoms. The van der Waals surface area contributed by atoms with E-state index in [1.54, 1.807) is 0 Å². The molecule has 1 aromatic rings. The minimum absolute atomic E-state index is 0.551. The van der Waals surface area contributed by atoms with Crippen molar-refractivity contribution in [3.05, 3.63) is 11.4 Å². The lowest BCUT2D eigenvalue weighted by Gasteiger charge is -2.15. The van der Waals surface area contributed by atoms with Gasteiger partial charge in [-0.15, -0.1) is 10.2 Å². The van der Waals surface area contributed by atoms with Crippen LogP contribution in [0.2, 0.25) is 0 Å². The Balaban J connectivity index is 3.43. The van der Waals surface area contributed by atoms with Crippen LogP contribution >= 0.6 is 0 Å². The number of anilines is 1. The number of alkyl halides is 6. The molecule has 0 atom stereocenters. The first-order valence-electron chi connectivity index (χ1n) is 4.10. The molecule has 0 saturated heterocycles. The van der Waals surface area contributed by atoms with Gasteiger partial charge in [0.2, 0.25) is 5.95 Å². The van der Waals surface area contributed by atoms with E-state index in [0.717, 1.165) is 4.90 Å². The van der Waals surface area contributed by atoms with E-state index in [9.17, 15) is 26.3 Å². The molecule has 0 saturated carbocycles. The lowest BCUT2D eigenvalue weighted by Crippen LogP contribution is -2.24. The number of hydrogen-bond donors (Lipinski definition) is 0. The van der Waals surface area contributed by atoms with E-state index in [4.69, 9.17) is 0 Å². The number of nitrogens with zero attached hydrogens (tertiary/aromatic N) is 4. The fourth-order valence-corrected chi connectivity index (χ4v) is 0.895. The molecule has 0 aliphatic heterocycles. The van der Waals surface area contributed by atoms with Gasteiger partial charge in [-0.25, -0.2) is 4.98 Å². The van der Waals surface area contributed by atoms with Crippen LogP contribution in [0.15, 0.2) is 0 Å². The van der Waals surface area contributed by atoms with Crippen LogP contribution in [0.3, 0.4) is 0 Å². The number of hydrogen-bond acceptors (Lipinski definition) is 4. The highest BCUT2D eigenvalue weighted by atomic mass is 19.4. The summed E-state index contributed by atoms with van der Waals surface area (Å²) in [6.07, 6.45) is -10.5. The summed E-state index contributed by atoms with van der Waals surface area (Å²) in [5, 5.41) is 5.50. The molecule has 0 spiro atoms. The zero-order valence-electron chi connectivity index (χ0n) is 8.56. The molecule has 0 bridgehead atoms. The van der Waals surface area contributed by atoms with E-state index >= 15 is 0 Å². The highest BCUT2D eigenvalue weighted by Gasteiger charge is 2.47. The van der Waals surface area contributed by atoms with Gasteiger partial charge in [-0.05, 0) is 0 Å². The Hall–Kier alpha value is -1.61. The third kappa shape index (κ3) is 2.94. The molecule has 10 heteroatoms. The van der Waals surface area contributed by atoms with Crippen LogP contribution in [0.5, 0.6) is 0 Å². The van der Waals surface area contributed by atoms with Crippen molar-refractivity contribution in [1.29, 1.82) is 0 Å². The molecular weight excluding hydrogens is 254 g/mol. The number of aromatic nitrogens is 3. The van der Waals surface area contributed by atoms with Gasteiger partial charge >= 0.3 is 12.4 Å². The molecule has 1 aromatic heterocycles. The fourth-order valence-electron chi connectivity index (χ4n) is 0.895. The molecule has 1 heterocycles. The van der Waals surface area contributed by atoms with Gasteiger partial charge < -0.3 is 4.90 Å². The van der Waals surface area contributed by atoms with Crippen molar-refractivity contribution in [2.45, 2.75) is 12.4 Å². The van der Waals surface area contributed by atoms with Crippen molar-refractivity contribution in [1.82, 2.24) is 15.2 Å². The van der Waals surface area contributed by atoms with Crippen LogP contribution in [0.1, 0.15) is 11.4 Å². The van der Waals surface area contributed by atoms with Crippen molar-refractivity contribution in [2.75, 3.05) is 19.0 Å². The second-order valence-corrected chi connectivity index (χ2v) is 3.20. The third-order valence-corrected chi connectivity index (χ3v) is 1.61. The highest BCUT2D eigenvalue weighted by molar-refractivity contribution is 5.29. The molecule has 0 radical (unpaired) electrons. The maximum absolute atomic E-state index is 12.4. The van der Waals surface area contributed by atoms with Crippen molar-refractivity contribution in [3.63, 3.8) is 0 Å². The van der Waals surface area contributed by atoms with Crippen molar-refractivity contribution in [3.8, 4) is 0 Å². The van der Waals surface area contributed by atoms with E-state index < -0.39 is 29.7 Å². The van der Waals surface area contributed by atoms with E-state index in [0.29, 0.717) is 0 Å². The van der Waals surface area contributed by atoms with Crippen LogP contribution in [-0.2, 0) is 12.4 Å². The molecule has 0 unspecified atom stereocenters. The second-order valence-electron chi connectivity index (χ2n) is 3.20. The summed E-state index contributed by atoms with van der Waals surface area (Å²) >= 11 is 0. The van der Waals surface area contributed by atoms with E-state index in [-0.39, 0.29) is 0 Å². The first-order valence-corrected chi connectivity index (χ1v) is 4.10. The first kappa shape index (κ1) is 13.5. The molecule has 1 rings (SSSR count). The zero-order valence-corrected chi connectivity index (χ0v) is 8.56. The first-order chi connectivity index (χ1) is 7.53. The Bertz CT molecular complexity index is 410. The predicted molar refractivity (Wildman–Crippen MR) is 44.2 cm³/mol. The Kier molecular flexibility index (Phi) is 3.17. The fraction of sp³-hybridized carbons (Fsp3) is 0.571. The van der Waals surface area contributed by atoms with Gasteiger partial charge in [0, 0.05) is 14.1 Å². The van der Waals surface area contributed by atoms with Gasteiger partial charge in [-0.2, -0.15) is 26.3 Å². The maximum atomic E-state index is 12.4. The van der Waals surface area contributed by atoms with Crippen molar-refractivity contribution in [2.24, 2.45) is 0 Å². The summed E-state index contributed by atoms with van der Waals surface area (Å²) in [5.41, 5.74) is -4.24. The van der Waals surface area contributed by atoms with Crippen molar-refractivity contribution < 1.29 is 26.3 Å². The van der Waals surface area contributed by atoms with Gasteiger partial charge in [0.15, 0.2) is 11.4 Å². The quantitative estimate of drug-likeness (QED) is 0.724.